The van der Waals surface area contributed by atoms with Gasteiger partial charge in [-0.15, -0.1) is 0 Å². The zero-order valence-corrected chi connectivity index (χ0v) is 12.5. The minimum atomic E-state index is -0.334. The van der Waals surface area contributed by atoms with Crippen molar-refractivity contribution in [1.82, 2.24) is 4.98 Å². The summed E-state index contributed by atoms with van der Waals surface area (Å²) in [6.45, 7) is 0. The van der Waals surface area contributed by atoms with Crippen molar-refractivity contribution in [3.8, 4) is 11.3 Å². The molecule has 4 heteroatoms. The van der Waals surface area contributed by atoms with E-state index in [1.54, 1.807) is 18.2 Å². The number of Topliss-reactive ketones (excluding diaryl/α,β-unsaturated/α-hetero) is 1. The Morgan fingerprint density at radius 1 is 1.14 bits per heavy atom. The van der Waals surface area contributed by atoms with Gasteiger partial charge in [0.2, 0.25) is 0 Å². The Bertz CT molecular complexity index is 878. The van der Waals surface area contributed by atoms with E-state index < -0.39 is 0 Å². The highest BCUT2D eigenvalue weighted by Gasteiger charge is 2.34. The van der Waals surface area contributed by atoms with Gasteiger partial charge >= 0.3 is 0 Å². The van der Waals surface area contributed by atoms with Crippen molar-refractivity contribution in [3.05, 3.63) is 58.9 Å². The molecule has 0 atom stereocenters. The fourth-order valence-electron chi connectivity index (χ4n) is 2.80. The van der Waals surface area contributed by atoms with E-state index in [4.69, 9.17) is 11.6 Å². The molecule has 0 spiro atoms. The van der Waals surface area contributed by atoms with Crippen LogP contribution in [0.25, 0.3) is 22.2 Å². The lowest BCUT2D eigenvalue weighted by Crippen LogP contribution is -2.02. The lowest BCUT2D eigenvalue weighted by Gasteiger charge is -2.04. The van der Waals surface area contributed by atoms with Crippen LogP contribution in [-0.4, -0.2) is 10.8 Å². The van der Waals surface area contributed by atoms with E-state index >= 15 is 0 Å². The molecule has 22 heavy (non-hydrogen) atoms. The van der Waals surface area contributed by atoms with Crippen molar-refractivity contribution in [2.45, 2.75) is 12.8 Å². The minimum absolute atomic E-state index is 0.0771. The molecule has 0 aliphatic heterocycles. The third-order valence-corrected chi connectivity index (χ3v) is 4.34. The molecule has 1 N–H and O–H groups in total. The summed E-state index contributed by atoms with van der Waals surface area (Å²) < 4.78 is 13.6. The van der Waals surface area contributed by atoms with E-state index in [0.29, 0.717) is 16.0 Å². The summed E-state index contributed by atoms with van der Waals surface area (Å²) in [4.78, 5) is 15.9. The summed E-state index contributed by atoms with van der Waals surface area (Å²) in [6, 6.07) is 11.8. The van der Waals surface area contributed by atoms with E-state index in [0.717, 1.165) is 29.6 Å². The molecule has 0 amide bonds. The average molecular weight is 314 g/mol. The molecule has 1 saturated carbocycles. The van der Waals surface area contributed by atoms with Gasteiger partial charge in [-0.2, -0.15) is 0 Å². The minimum Gasteiger partial charge on any atom is -0.354 e. The number of carbonyl (C=O) groups is 1. The Morgan fingerprint density at radius 3 is 2.55 bits per heavy atom. The van der Waals surface area contributed by atoms with Crippen LogP contribution in [0, 0.1) is 11.7 Å². The van der Waals surface area contributed by atoms with Gasteiger partial charge in [0.15, 0.2) is 5.78 Å². The van der Waals surface area contributed by atoms with Crippen molar-refractivity contribution in [3.63, 3.8) is 0 Å². The normalized spacial score (nSPS) is 14.5. The molecule has 0 saturated heterocycles. The summed E-state index contributed by atoms with van der Waals surface area (Å²) in [5.41, 5.74) is 2.99. The van der Waals surface area contributed by atoms with Gasteiger partial charge in [-0.25, -0.2) is 4.39 Å². The van der Waals surface area contributed by atoms with Crippen LogP contribution in [0.1, 0.15) is 23.2 Å². The number of halogens is 2. The fraction of sp³-hybridized carbons (Fsp3) is 0.167. The van der Waals surface area contributed by atoms with Gasteiger partial charge in [-0.1, -0.05) is 23.7 Å². The molecule has 4 rings (SSSR count). The third-order valence-electron chi connectivity index (χ3n) is 4.09. The second kappa shape index (κ2) is 4.96. The van der Waals surface area contributed by atoms with Crippen LogP contribution in [-0.2, 0) is 0 Å². The maximum absolute atomic E-state index is 13.6. The van der Waals surface area contributed by atoms with E-state index in [9.17, 15) is 9.18 Å². The van der Waals surface area contributed by atoms with E-state index in [-0.39, 0.29) is 17.5 Å². The van der Waals surface area contributed by atoms with Gasteiger partial charge in [0.1, 0.15) is 5.82 Å². The number of benzene rings is 2. The molecule has 0 bridgehead atoms. The highest BCUT2D eigenvalue weighted by atomic mass is 35.5. The van der Waals surface area contributed by atoms with Crippen molar-refractivity contribution in [2.75, 3.05) is 0 Å². The molecule has 1 aromatic heterocycles. The predicted octanol–water partition coefficient (Wildman–Crippen LogP) is 5.22. The van der Waals surface area contributed by atoms with Crippen LogP contribution in [0.15, 0.2) is 42.5 Å². The average Bonchev–Trinajstić information content (AvgIpc) is 3.29. The largest absolute Gasteiger partial charge is 0.354 e. The molecule has 0 radical (unpaired) electrons. The first-order valence-electron chi connectivity index (χ1n) is 7.25. The van der Waals surface area contributed by atoms with Gasteiger partial charge in [0.25, 0.3) is 0 Å². The third kappa shape index (κ3) is 2.22. The lowest BCUT2D eigenvalue weighted by atomic mass is 9.99. The van der Waals surface area contributed by atoms with E-state index in [1.165, 1.54) is 12.1 Å². The van der Waals surface area contributed by atoms with Gasteiger partial charge in [-0.3, -0.25) is 4.79 Å². The first kappa shape index (κ1) is 13.5. The molecule has 2 aromatic carbocycles. The SMILES string of the molecule is O=C(c1c(-c2ccc(Cl)cc2)[nH]c2ccc(F)cc12)C1CC1. The van der Waals surface area contributed by atoms with Gasteiger partial charge in [0, 0.05) is 21.8 Å². The number of fused-ring (bicyclic) bond motifs is 1. The van der Waals surface area contributed by atoms with Crippen molar-refractivity contribution in [2.24, 2.45) is 5.92 Å². The number of aromatic nitrogens is 1. The predicted molar refractivity (Wildman–Crippen MR) is 85.8 cm³/mol. The number of nitrogens with one attached hydrogen (secondary N) is 1. The number of carbonyl (C=O) groups excluding carboxylic acids is 1. The zero-order valence-electron chi connectivity index (χ0n) is 11.7. The van der Waals surface area contributed by atoms with Crippen LogP contribution in [0.3, 0.4) is 0 Å². The van der Waals surface area contributed by atoms with Gasteiger partial charge in [-0.05, 0) is 48.7 Å². The fourth-order valence-corrected chi connectivity index (χ4v) is 2.93. The Kier molecular flexibility index (Phi) is 3.05. The van der Waals surface area contributed by atoms with E-state index in [1.807, 2.05) is 12.1 Å². The summed E-state index contributed by atoms with van der Waals surface area (Å²) in [6.07, 6.45) is 1.84. The summed E-state index contributed by atoms with van der Waals surface area (Å²) in [5.74, 6) is -0.158. The second-order valence-electron chi connectivity index (χ2n) is 5.71. The summed E-state index contributed by atoms with van der Waals surface area (Å²) in [7, 11) is 0. The molecule has 1 aliphatic rings. The second-order valence-corrected chi connectivity index (χ2v) is 6.15. The summed E-state index contributed by atoms with van der Waals surface area (Å²) in [5, 5.41) is 1.29. The number of aromatic amines is 1. The van der Waals surface area contributed by atoms with Crippen molar-refractivity contribution in [1.29, 1.82) is 0 Å². The topological polar surface area (TPSA) is 32.9 Å². The molecular formula is C18H13ClFNO. The highest BCUT2D eigenvalue weighted by Crippen LogP contribution is 2.39. The smallest absolute Gasteiger partial charge is 0.168 e. The molecule has 2 nitrogen and oxygen atoms in total. The number of H-pyrrole nitrogens is 1. The summed E-state index contributed by atoms with van der Waals surface area (Å²) >= 11 is 5.93. The maximum atomic E-state index is 13.6. The number of rotatable bonds is 3. The first-order valence-corrected chi connectivity index (χ1v) is 7.62. The first-order chi connectivity index (χ1) is 10.6. The molecule has 3 aromatic rings. The van der Waals surface area contributed by atoms with Crippen molar-refractivity contribution >= 4 is 28.3 Å². The molecule has 0 unspecified atom stereocenters. The Balaban J connectivity index is 1.98. The maximum Gasteiger partial charge on any atom is 0.168 e. The van der Waals surface area contributed by atoms with Crippen LogP contribution in [0.2, 0.25) is 5.02 Å². The Morgan fingerprint density at radius 2 is 1.86 bits per heavy atom. The van der Waals surface area contributed by atoms with Crippen LogP contribution in [0.4, 0.5) is 4.39 Å². The van der Waals surface area contributed by atoms with Gasteiger partial charge < -0.3 is 4.98 Å². The molecular weight excluding hydrogens is 301 g/mol. The Labute approximate surface area is 131 Å². The number of hydrogen-bond donors (Lipinski definition) is 1. The van der Waals surface area contributed by atoms with Crippen LogP contribution in [0.5, 0.6) is 0 Å². The van der Waals surface area contributed by atoms with Crippen LogP contribution < -0.4 is 0 Å². The van der Waals surface area contributed by atoms with Gasteiger partial charge in [0.05, 0.1) is 11.3 Å². The quantitative estimate of drug-likeness (QED) is 0.661. The zero-order chi connectivity index (χ0) is 15.3. The standard InChI is InChI=1S/C18H13ClFNO/c19-12-5-3-10(4-6-12)17-16(18(22)11-1-2-11)14-9-13(20)7-8-15(14)21-17/h3-9,11,21H,1-2H2. The van der Waals surface area contributed by atoms with Crippen LogP contribution >= 0.6 is 11.6 Å². The Hall–Kier alpha value is -2.13. The number of hydrogen-bond acceptors (Lipinski definition) is 1. The molecule has 1 heterocycles. The lowest BCUT2D eigenvalue weighted by molar-refractivity contribution is 0.0970. The monoisotopic (exact) mass is 313 g/mol. The van der Waals surface area contributed by atoms with Crippen molar-refractivity contribution < 1.29 is 9.18 Å². The molecule has 1 fully saturated rings. The van der Waals surface area contributed by atoms with E-state index in [2.05, 4.69) is 4.98 Å². The highest BCUT2D eigenvalue weighted by molar-refractivity contribution is 6.30. The molecule has 1 aliphatic carbocycles. The molecule has 110 valence electrons. The number of ketones is 1.